The van der Waals surface area contributed by atoms with Gasteiger partial charge in [-0.15, -0.1) is 11.3 Å². The van der Waals surface area contributed by atoms with Crippen LogP contribution in [0.1, 0.15) is 25.1 Å². The molecule has 1 N–H and O–H groups in total. The zero-order valence-electron chi connectivity index (χ0n) is 10.8. The third-order valence-electron chi connectivity index (χ3n) is 2.66. The molecule has 0 bridgehead atoms. The number of rotatable bonds is 4. The van der Waals surface area contributed by atoms with Crippen LogP contribution in [-0.4, -0.2) is 11.0 Å². The first-order valence-electron chi connectivity index (χ1n) is 6.00. The summed E-state index contributed by atoms with van der Waals surface area (Å²) in [6.07, 6.45) is 0. The van der Waals surface area contributed by atoms with Crippen molar-refractivity contribution in [2.45, 2.75) is 33.4 Å². The third kappa shape index (κ3) is 3.15. The molecule has 1 aromatic carbocycles. The molecule has 96 valence electrons. The molecular formula is C14H17FN2S. The van der Waals surface area contributed by atoms with Gasteiger partial charge in [-0.05, 0) is 30.7 Å². The number of hydrogen-bond donors (Lipinski definition) is 1. The SMILES string of the molecule is Cc1cc(F)ccc1-c1nc(CNC(C)C)cs1. The molecule has 2 nitrogen and oxygen atoms in total. The summed E-state index contributed by atoms with van der Waals surface area (Å²) in [6.45, 7) is 6.90. The van der Waals surface area contributed by atoms with Crippen molar-refractivity contribution in [2.75, 3.05) is 0 Å². The Morgan fingerprint density at radius 3 is 2.83 bits per heavy atom. The molecule has 2 rings (SSSR count). The average molecular weight is 264 g/mol. The summed E-state index contributed by atoms with van der Waals surface area (Å²) in [7, 11) is 0. The lowest BCUT2D eigenvalue weighted by atomic mass is 10.1. The first-order chi connectivity index (χ1) is 8.56. The number of hydrogen-bond acceptors (Lipinski definition) is 3. The monoisotopic (exact) mass is 264 g/mol. The molecule has 0 aliphatic carbocycles. The lowest BCUT2D eigenvalue weighted by Gasteiger charge is -2.05. The summed E-state index contributed by atoms with van der Waals surface area (Å²) in [6, 6.07) is 5.27. The minimum Gasteiger partial charge on any atom is -0.309 e. The molecule has 0 saturated heterocycles. The fourth-order valence-corrected chi connectivity index (χ4v) is 2.60. The second-order valence-electron chi connectivity index (χ2n) is 4.64. The van der Waals surface area contributed by atoms with E-state index in [4.69, 9.17) is 0 Å². The molecule has 0 radical (unpaired) electrons. The molecule has 0 aliphatic rings. The van der Waals surface area contributed by atoms with Gasteiger partial charge in [-0.3, -0.25) is 0 Å². The van der Waals surface area contributed by atoms with Gasteiger partial charge < -0.3 is 5.32 Å². The molecule has 0 aliphatic heterocycles. The van der Waals surface area contributed by atoms with Gasteiger partial charge in [0.15, 0.2) is 0 Å². The van der Waals surface area contributed by atoms with Gasteiger partial charge in [-0.25, -0.2) is 9.37 Å². The molecular weight excluding hydrogens is 247 g/mol. The van der Waals surface area contributed by atoms with E-state index in [-0.39, 0.29) is 5.82 Å². The Labute approximate surface area is 111 Å². The number of nitrogens with zero attached hydrogens (tertiary/aromatic N) is 1. The molecule has 0 fully saturated rings. The maximum absolute atomic E-state index is 13.1. The van der Waals surface area contributed by atoms with E-state index in [0.717, 1.165) is 28.4 Å². The Morgan fingerprint density at radius 2 is 2.17 bits per heavy atom. The van der Waals surface area contributed by atoms with Crippen molar-refractivity contribution in [2.24, 2.45) is 0 Å². The zero-order valence-corrected chi connectivity index (χ0v) is 11.6. The number of benzene rings is 1. The van der Waals surface area contributed by atoms with Crippen molar-refractivity contribution in [3.05, 3.63) is 40.7 Å². The van der Waals surface area contributed by atoms with Gasteiger partial charge in [0.2, 0.25) is 0 Å². The molecule has 1 aromatic heterocycles. The molecule has 0 unspecified atom stereocenters. The minimum atomic E-state index is -0.200. The predicted molar refractivity (Wildman–Crippen MR) is 74.2 cm³/mol. The Morgan fingerprint density at radius 1 is 1.39 bits per heavy atom. The van der Waals surface area contributed by atoms with Crippen LogP contribution < -0.4 is 5.32 Å². The van der Waals surface area contributed by atoms with E-state index in [0.29, 0.717) is 6.04 Å². The molecule has 4 heteroatoms. The van der Waals surface area contributed by atoms with Crippen LogP contribution in [0.4, 0.5) is 4.39 Å². The van der Waals surface area contributed by atoms with Crippen LogP contribution >= 0.6 is 11.3 Å². The number of aryl methyl sites for hydroxylation is 1. The van der Waals surface area contributed by atoms with E-state index >= 15 is 0 Å². The van der Waals surface area contributed by atoms with Gasteiger partial charge in [0.1, 0.15) is 10.8 Å². The number of aromatic nitrogens is 1. The smallest absolute Gasteiger partial charge is 0.123 e. The summed E-state index contributed by atoms with van der Waals surface area (Å²) in [5, 5.41) is 6.34. The molecule has 2 aromatic rings. The summed E-state index contributed by atoms with van der Waals surface area (Å²) >= 11 is 1.60. The van der Waals surface area contributed by atoms with E-state index in [1.54, 1.807) is 23.5 Å². The Bertz CT molecular complexity index is 534. The molecule has 1 heterocycles. The fraction of sp³-hybridized carbons (Fsp3) is 0.357. The largest absolute Gasteiger partial charge is 0.309 e. The normalized spacial score (nSPS) is 11.2. The van der Waals surface area contributed by atoms with E-state index < -0.39 is 0 Å². The second-order valence-corrected chi connectivity index (χ2v) is 5.50. The highest BCUT2D eigenvalue weighted by Gasteiger charge is 2.08. The van der Waals surface area contributed by atoms with Crippen LogP contribution in [0.3, 0.4) is 0 Å². The average Bonchev–Trinajstić information content (AvgIpc) is 2.75. The van der Waals surface area contributed by atoms with E-state index in [9.17, 15) is 4.39 Å². The van der Waals surface area contributed by atoms with Crippen molar-refractivity contribution in [3.8, 4) is 10.6 Å². The lowest BCUT2D eigenvalue weighted by Crippen LogP contribution is -2.21. The molecule has 0 spiro atoms. The van der Waals surface area contributed by atoms with Gasteiger partial charge in [0.05, 0.1) is 5.69 Å². The zero-order chi connectivity index (χ0) is 13.1. The fourth-order valence-electron chi connectivity index (χ4n) is 1.69. The van der Waals surface area contributed by atoms with E-state index in [2.05, 4.69) is 24.1 Å². The van der Waals surface area contributed by atoms with Crippen LogP contribution in [0.5, 0.6) is 0 Å². The van der Waals surface area contributed by atoms with Crippen LogP contribution in [0.15, 0.2) is 23.6 Å². The summed E-state index contributed by atoms with van der Waals surface area (Å²) in [5.41, 5.74) is 2.97. The maximum Gasteiger partial charge on any atom is 0.123 e. The van der Waals surface area contributed by atoms with E-state index in [1.807, 2.05) is 12.3 Å². The predicted octanol–water partition coefficient (Wildman–Crippen LogP) is 3.76. The van der Waals surface area contributed by atoms with Crippen molar-refractivity contribution in [1.29, 1.82) is 0 Å². The standard InChI is InChI=1S/C14H17FN2S/c1-9(2)16-7-12-8-18-14(17-12)13-5-4-11(15)6-10(13)3/h4-6,8-9,16H,7H2,1-3H3. The van der Waals surface area contributed by atoms with Gasteiger partial charge >= 0.3 is 0 Å². The Hall–Kier alpha value is -1.26. The number of halogens is 1. The topological polar surface area (TPSA) is 24.9 Å². The van der Waals surface area contributed by atoms with Crippen LogP contribution in [0.2, 0.25) is 0 Å². The highest BCUT2D eigenvalue weighted by atomic mass is 32.1. The molecule has 0 saturated carbocycles. The highest BCUT2D eigenvalue weighted by molar-refractivity contribution is 7.13. The summed E-state index contributed by atoms with van der Waals surface area (Å²) < 4.78 is 13.1. The highest BCUT2D eigenvalue weighted by Crippen LogP contribution is 2.27. The number of nitrogens with one attached hydrogen (secondary N) is 1. The van der Waals surface area contributed by atoms with Gasteiger partial charge in [0, 0.05) is 23.5 Å². The Balaban J connectivity index is 2.18. The third-order valence-corrected chi connectivity index (χ3v) is 3.59. The molecule has 0 amide bonds. The van der Waals surface area contributed by atoms with Crippen molar-refractivity contribution in [1.82, 2.24) is 10.3 Å². The van der Waals surface area contributed by atoms with Crippen molar-refractivity contribution in [3.63, 3.8) is 0 Å². The van der Waals surface area contributed by atoms with Gasteiger partial charge in [-0.2, -0.15) is 0 Å². The van der Waals surface area contributed by atoms with Crippen LogP contribution in [0, 0.1) is 12.7 Å². The van der Waals surface area contributed by atoms with Crippen LogP contribution in [0.25, 0.3) is 10.6 Å². The van der Waals surface area contributed by atoms with Crippen molar-refractivity contribution >= 4 is 11.3 Å². The first-order valence-corrected chi connectivity index (χ1v) is 6.88. The quantitative estimate of drug-likeness (QED) is 0.909. The maximum atomic E-state index is 13.1. The van der Waals surface area contributed by atoms with E-state index in [1.165, 1.54) is 6.07 Å². The molecule has 18 heavy (non-hydrogen) atoms. The number of thiazole rings is 1. The Kier molecular flexibility index (Phi) is 4.09. The minimum absolute atomic E-state index is 0.200. The molecule has 0 atom stereocenters. The summed E-state index contributed by atoms with van der Waals surface area (Å²) in [4.78, 5) is 4.58. The first kappa shape index (κ1) is 13.2. The van der Waals surface area contributed by atoms with Gasteiger partial charge in [-0.1, -0.05) is 13.8 Å². The lowest BCUT2D eigenvalue weighted by molar-refractivity contribution is 0.583. The van der Waals surface area contributed by atoms with Gasteiger partial charge in [0.25, 0.3) is 0 Å². The van der Waals surface area contributed by atoms with Crippen molar-refractivity contribution < 1.29 is 4.39 Å². The van der Waals surface area contributed by atoms with Crippen LogP contribution in [-0.2, 0) is 6.54 Å². The second kappa shape index (κ2) is 5.59. The summed E-state index contributed by atoms with van der Waals surface area (Å²) in [5.74, 6) is -0.200.